The van der Waals surface area contributed by atoms with E-state index in [4.69, 9.17) is 4.74 Å². The molecule has 0 amide bonds. The molecule has 0 unspecified atom stereocenters. The van der Waals surface area contributed by atoms with Crippen molar-refractivity contribution < 1.29 is 9.53 Å². The van der Waals surface area contributed by atoms with E-state index in [2.05, 4.69) is 20.8 Å². The van der Waals surface area contributed by atoms with Gasteiger partial charge in [0.2, 0.25) is 0 Å². The van der Waals surface area contributed by atoms with Crippen LogP contribution in [-0.2, 0) is 9.53 Å². The molecule has 0 heterocycles. The van der Waals surface area contributed by atoms with Gasteiger partial charge in [0, 0.05) is 19.6 Å². The van der Waals surface area contributed by atoms with Crippen LogP contribution in [0.5, 0.6) is 0 Å². The van der Waals surface area contributed by atoms with Crippen molar-refractivity contribution in [1.29, 1.82) is 0 Å². The summed E-state index contributed by atoms with van der Waals surface area (Å²) in [5.41, 5.74) is 0.361. The van der Waals surface area contributed by atoms with Crippen molar-refractivity contribution in [2.75, 3.05) is 13.2 Å². The molecular formula is C12H24O2. The Balaban J connectivity index is 3.11. The number of carbonyl (C=O) groups is 1. The van der Waals surface area contributed by atoms with Crippen molar-refractivity contribution in [3.05, 3.63) is 0 Å². The summed E-state index contributed by atoms with van der Waals surface area (Å²) in [6.45, 7) is 9.91. The Morgan fingerprint density at radius 3 is 2.29 bits per heavy atom. The minimum absolute atomic E-state index is 0.277. The first kappa shape index (κ1) is 13.6. The average Bonchev–Trinajstić information content (AvgIpc) is 2.00. The molecule has 14 heavy (non-hydrogen) atoms. The number of ether oxygens (including phenoxy) is 1. The number of unbranched alkanes of at least 4 members (excludes halogenated alkanes) is 1. The molecule has 84 valence electrons. The van der Waals surface area contributed by atoms with E-state index in [1.807, 2.05) is 0 Å². The van der Waals surface area contributed by atoms with E-state index in [1.54, 1.807) is 6.92 Å². The van der Waals surface area contributed by atoms with Crippen molar-refractivity contribution in [1.82, 2.24) is 0 Å². The highest BCUT2D eigenvalue weighted by Crippen LogP contribution is 2.17. The Labute approximate surface area is 88.0 Å². The average molecular weight is 200 g/mol. The standard InChI is InChI=1S/C12H24O2/c1-11(13)7-5-6-9-14-10-8-12(2,3)4/h5-10H2,1-4H3. The predicted octanol–water partition coefficient (Wildman–Crippen LogP) is 3.20. The van der Waals surface area contributed by atoms with Gasteiger partial charge in [0.15, 0.2) is 0 Å². The summed E-state index contributed by atoms with van der Waals surface area (Å²) < 4.78 is 5.48. The SMILES string of the molecule is CC(=O)CCCCOCCC(C)(C)C. The molecule has 0 aromatic carbocycles. The third kappa shape index (κ3) is 11.6. The van der Waals surface area contributed by atoms with Crippen molar-refractivity contribution in [2.45, 2.75) is 53.4 Å². The lowest BCUT2D eigenvalue weighted by atomic mass is 9.93. The molecule has 0 atom stereocenters. The molecule has 0 aliphatic rings. The second-order valence-corrected chi connectivity index (χ2v) is 5.08. The van der Waals surface area contributed by atoms with Crippen molar-refractivity contribution in [3.63, 3.8) is 0 Å². The molecule has 2 nitrogen and oxygen atoms in total. The molecule has 0 spiro atoms. The summed E-state index contributed by atoms with van der Waals surface area (Å²) in [5, 5.41) is 0. The van der Waals surface area contributed by atoms with Crippen LogP contribution in [0.1, 0.15) is 53.4 Å². The quantitative estimate of drug-likeness (QED) is 0.590. The zero-order valence-corrected chi connectivity index (χ0v) is 10.1. The molecule has 0 aliphatic heterocycles. The highest BCUT2D eigenvalue weighted by molar-refractivity contribution is 5.75. The van der Waals surface area contributed by atoms with E-state index in [9.17, 15) is 4.79 Å². The summed E-state index contributed by atoms with van der Waals surface area (Å²) in [6.07, 6.45) is 3.76. The van der Waals surface area contributed by atoms with Crippen molar-refractivity contribution in [3.8, 4) is 0 Å². The Kier molecular flexibility index (Phi) is 6.81. The first-order valence-corrected chi connectivity index (χ1v) is 5.49. The maximum Gasteiger partial charge on any atom is 0.129 e. The number of carbonyl (C=O) groups excluding carboxylic acids is 1. The zero-order chi connectivity index (χ0) is 11.0. The monoisotopic (exact) mass is 200 g/mol. The number of hydrogen-bond acceptors (Lipinski definition) is 2. The third-order valence-electron chi connectivity index (χ3n) is 2.06. The summed E-state index contributed by atoms with van der Waals surface area (Å²) in [4.78, 5) is 10.6. The number of ketones is 1. The molecule has 0 aromatic rings. The highest BCUT2D eigenvalue weighted by Gasteiger charge is 2.08. The van der Waals surface area contributed by atoms with Gasteiger partial charge in [-0.3, -0.25) is 0 Å². The van der Waals surface area contributed by atoms with Gasteiger partial charge in [0.1, 0.15) is 5.78 Å². The molecule has 0 saturated carbocycles. The maximum atomic E-state index is 10.6. The van der Waals surface area contributed by atoms with E-state index < -0.39 is 0 Å². The Bertz CT molecular complexity index is 156. The molecule has 0 fully saturated rings. The lowest BCUT2D eigenvalue weighted by Crippen LogP contribution is -2.10. The summed E-state index contributed by atoms with van der Waals surface area (Å²) in [7, 11) is 0. The van der Waals surface area contributed by atoms with Crippen LogP contribution in [0.3, 0.4) is 0 Å². The van der Waals surface area contributed by atoms with Gasteiger partial charge in [-0.2, -0.15) is 0 Å². The summed E-state index contributed by atoms with van der Waals surface area (Å²) in [6, 6.07) is 0. The van der Waals surface area contributed by atoms with Gasteiger partial charge in [0.05, 0.1) is 0 Å². The molecule has 2 heteroatoms. The van der Waals surface area contributed by atoms with Gasteiger partial charge in [-0.1, -0.05) is 20.8 Å². The fourth-order valence-corrected chi connectivity index (χ4v) is 1.06. The number of rotatable bonds is 7. The van der Waals surface area contributed by atoms with Gasteiger partial charge in [-0.05, 0) is 31.6 Å². The molecule has 0 radical (unpaired) electrons. The van der Waals surface area contributed by atoms with Crippen LogP contribution in [0.2, 0.25) is 0 Å². The molecule has 0 rings (SSSR count). The molecule has 0 aliphatic carbocycles. The maximum absolute atomic E-state index is 10.6. The molecule has 0 saturated heterocycles. The van der Waals surface area contributed by atoms with Crippen molar-refractivity contribution in [2.24, 2.45) is 5.41 Å². The Morgan fingerprint density at radius 1 is 1.14 bits per heavy atom. The van der Waals surface area contributed by atoms with Gasteiger partial charge < -0.3 is 9.53 Å². The fraction of sp³-hybridized carbons (Fsp3) is 0.917. The number of hydrogen-bond donors (Lipinski definition) is 0. The largest absolute Gasteiger partial charge is 0.381 e. The minimum atomic E-state index is 0.277. The first-order chi connectivity index (χ1) is 6.42. The lowest BCUT2D eigenvalue weighted by Gasteiger charge is -2.17. The Hall–Kier alpha value is -0.370. The second kappa shape index (κ2) is 6.99. The van der Waals surface area contributed by atoms with Gasteiger partial charge >= 0.3 is 0 Å². The number of Topliss-reactive ketones (excluding diaryl/α,β-unsaturated/α-hetero) is 1. The van der Waals surface area contributed by atoms with Crippen LogP contribution < -0.4 is 0 Å². The fourth-order valence-electron chi connectivity index (χ4n) is 1.06. The molecular weight excluding hydrogens is 176 g/mol. The summed E-state index contributed by atoms with van der Waals surface area (Å²) >= 11 is 0. The van der Waals surface area contributed by atoms with Crippen LogP contribution >= 0.6 is 0 Å². The molecule has 0 N–H and O–H groups in total. The highest BCUT2D eigenvalue weighted by atomic mass is 16.5. The first-order valence-electron chi connectivity index (χ1n) is 5.49. The molecule has 0 aromatic heterocycles. The van der Waals surface area contributed by atoms with E-state index in [0.29, 0.717) is 11.8 Å². The lowest BCUT2D eigenvalue weighted by molar-refractivity contribution is -0.117. The van der Waals surface area contributed by atoms with Gasteiger partial charge in [-0.25, -0.2) is 0 Å². The van der Waals surface area contributed by atoms with Crippen molar-refractivity contribution >= 4 is 5.78 Å². The minimum Gasteiger partial charge on any atom is -0.381 e. The van der Waals surface area contributed by atoms with Crippen LogP contribution in [0.25, 0.3) is 0 Å². The van der Waals surface area contributed by atoms with E-state index >= 15 is 0 Å². The topological polar surface area (TPSA) is 26.3 Å². The normalized spacial score (nSPS) is 11.7. The third-order valence-corrected chi connectivity index (χ3v) is 2.06. The van der Waals surface area contributed by atoms with Crippen LogP contribution in [0.4, 0.5) is 0 Å². The van der Waals surface area contributed by atoms with E-state index in [0.717, 1.165) is 32.5 Å². The molecule has 0 bridgehead atoms. The van der Waals surface area contributed by atoms with E-state index in [1.165, 1.54) is 0 Å². The Morgan fingerprint density at radius 2 is 1.79 bits per heavy atom. The van der Waals surface area contributed by atoms with Gasteiger partial charge in [0.25, 0.3) is 0 Å². The second-order valence-electron chi connectivity index (χ2n) is 5.08. The zero-order valence-electron chi connectivity index (χ0n) is 10.1. The predicted molar refractivity (Wildman–Crippen MR) is 59.4 cm³/mol. The van der Waals surface area contributed by atoms with Crippen LogP contribution in [0, 0.1) is 5.41 Å². The smallest absolute Gasteiger partial charge is 0.129 e. The van der Waals surface area contributed by atoms with E-state index in [-0.39, 0.29) is 5.78 Å². The summed E-state index contributed by atoms with van der Waals surface area (Å²) in [5.74, 6) is 0.277. The van der Waals surface area contributed by atoms with Gasteiger partial charge in [-0.15, -0.1) is 0 Å². The van der Waals surface area contributed by atoms with Crippen LogP contribution in [0.15, 0.2) is 0 Å². The van der Waals surface area contributed by atoms with Crippen LogP contribution in [-0.4, -0.2) is 19.0 Å².